The Hall–Kier alpha value is -2.40. The zero-order valence-corrected chi connectivity index (χ0v) is 13.7. The minimum absolute atomic E-state index is 0.170. The summed E-state index contributed by atoms with van der Waals surface area (Å²) in [5, 5.41) is 14.4. The molecule has 1 aromatic carbocycles. The number of aliphatic hydroxyl groups is 1. The van der Waals surface area contributed by atoms with E-state index in [1.807, 2.05) is 49.7 Å². The van der Waals surface area contributed by atoms with E-state index in [1.54, 1.807) is 13.0 Å². The first-order valence-corrected chi connectivity index (χ1v) is 7.67. The molecule has 0 amide bonds. The highest BCUT2D eigenvalue weighted by molar-refractivity contribution is 5.95. The number of aryl methyl sites for hydroxylation is 1. The number of aliphatic hydroxyl groups excluding tert-OH is 1. The van der Waals surface area contributed by atoms with Crippen molar-refractivity contribution in [1.82, 2.24) is 9.78 Å². The molecule has 1 N–H and O–H groups in total. The minimum atomic E-state index is -0.741. The number of esters is 1. The average molecular weight is 312 g/mol. The van der Waals surface area contributed by atoms with Crippen LogP contribution in [-0.4, -0.2) is 20.9 Å². The summed E-state index contributed by atoms with van der Waals surface area (Å²) < 4.78 is 7.38. The number of ether oxygens (including phenoxy) is 1. The highest BCUT2D eigenvalue weighted by Crippen LogP contribution is 2.35. The van der Waals surface area contributed by atoms with Crippen molar-refractivity contribution >= 4 is 11.7 Å². The summed E-state index contributed by atoms with van der Waals surface area (Å²) in [5.74, 6) is -0.0451. The number of nitrogens with zero attached hydrogens (tertiary/aromatic N) is 2. The molecular weight excluding hydrogens is 292 g/mol. The van der Waals surface area contributed by atoms with E-state index in [1.165, 1.54) is 0 Å². The van der Waals surface area contributed by atoms with Gasteiger partial charge in [-0.05, 0) is 39.3 Å². The zero-order chi connectivity index (χ0) is 16.7. The Labute approximate surface area is 135 Å². The first-order chi connectivity index (χ1) is 10.9. The quantitative estimate of drug-likeness (QED) is 0.883. The molecule has 23 heavy (non-hydrogen) atoms. The number of aromatic nitrogens is 2. The van der Waals surface area contributed by atoms with Gasteiger partial charge in [-0.15, -0.1) is 0 Å². The molecule has 0 aliphatic heterocycles. The van der Waals surface area contributed by atoms with Crippen molar-refractivity contribution in [2.75, 3.05) is 0 Å². The normalized spacial score (nSPS) is 16.4. The van der Waals surface area contributed by atoms with E-state index in [4.69, 9.17) is 4.74 Å². The van der Waals surface area contributed by atoms with Crippen LogP contribution in [0.4, 0.5) is 0 Å². The molecule has 5 nitrogen and oxygen atoms in total. The number of rotatable bonds is 3. The Kier molecular flexibility index (Phi) is 3.82. The van der Waals surface area contributed by atoms with Gasteiger partial charge in [-0.2, -0.15) is 5.10 Å². The van der Waals surface area contributed by atoms with E-state index in [0.717, 1.165) is 16.8 Å². The number of carbonyl (C=O) groups is 1. The van der Waals surface area contributed by atoms with Gasteiger partial charge in [-0.25, -0.2) is 4.79 Å². The predicted molar refractivity (Wildman–Crippen MR) is 86.9 cm³/mol. The first kappa shape index (κ1) is 15.5. The Bertz CT molecular complexity index is 803. The SMILES string of the molecule is Cc1nn(C(C)C)c(C)c1C(=O)OC1=CC(O)c2ccccc21. The lowest BCUT2D eigenvalue weighted by atomic mass is 10.1. The monoisotopic (exact) mass is 312 g/mol. The molecule has 0 saturated carbocycles. The Morgan fingerprint density at radius 3 is 2.65 bits per heavy atom. The molecule has 2 aromatic rings. The third kappa shape index (κ3) is 2.57. The number of benzene rings is 1. The summed E-state index contributed by atoms with van der Waals surface area (Å²) in [6.45, 7) is 7.69. The summed E-state index contributed by atoms with van der Waals surface area (Å²) >= 11 is 0. The maximum atomic E-state index is 12.6. The fourth-order valence-corrected chi connectivity index (χ4v) is 3.00. The highest BCUT2D eigenvalue weighted by atomic mass is 16.5. The van der Waals surface area contributed by atoms with E-state index < -0.39 is 12.1 Å². The van der Waals surface area contributed by atoms with Gasteiger partial charge in [0, 0.05) is 11.6 Å². The standard InChI is InChI=1S/C18H20N2O3/c1-10(2)20-12(4)17(11(3)19-20)18(22)23-16-9-15(21)13-7-5-6-8-14(13)16/h5-10,15,21H,1-4H3. The van der Waals surface area contributed by atoms with Crippen LogP contribution in [0.1, 0.15) is 58.9 Å². The van der Waals surface area contributed by atoms with E-state index in [9.17, 15) is 9.90 Å². The lowest BCUT2D eigenvalue weighted by molar-refractivity contribution is 0.0690. The summed E-state index contributed by atoms with van der Waals surface area (Å²) in [7, 11) is 0. The molecule has 1 aromatic heterocycles. The van der Waals surface area contributed by atoms with Crippen molar-refractivity contribution in [2.24, 2.45) is 0 Å². The maximum absolute atomic E-state index is 12.6. The van der Waals surface area contributed by atoms with Gasteiger partial charge in [0.05, 0.1) is 11.4 Å². The van der Waals surface area contributed by atoms with Crippen LogP contribution in [0.25, 0.3) is 5.76 Å². The summed E-state index contributed by atoms with van der Waals surface area (Å²) in [6.07, 6.45) is 0.815. The van der Waals surface area contributed by atoms with Gasteiger partial charge in [0.2, 0.25) is 0 Å². The minimum Gasteiger partial charge on any atom is -0.422 e. The average Bonchev–Trinajstić information content (AvgIpc) is 2.97. The first-order valence-electron chi connectivity index (χ1n) is 7.67. The molecule has 5 heteroatoms. The molecule has 120 valence electrons. The molecule has 1 aliphatic carbocycles. The van der Waals surface area contributed by atoms with Crippen molar-refractivity contribution in [1.29, 1.82) is 0 Å². The Morgan fingerprint density at radius 1 is 1.30 bits per heavy atom. The highest BCUT2D eigenvalue weighted by Gasteiger charge is 2.27. The molecule has 1 aliphatic rings. The van der Waals surface area contributed by atoms with Gasteiger partial charge >= 0.3 is 5.97 Å². The topological polar surface area (TPSA) is 64.4 Å². The molecule has 1 heterocycles. The second-order valence-corrected chi connectivity index (χ2v) is 6.04. The van der Waals surface area contributed by atoms with Crippen LogP contribution in [0.5, 0.6) is 0 Å². The summed E-state index contributed by atoms with van der Waals surface area (Å²) in [4.78, 5) is 12.6. The van der Waals surface area contributed by atoms with Crippen LogP contribution in [0.3, 0.4) is 0 Å². The molecule has 0 radical (unpaired) electrons. The third-order valence-electron chi connectivity index (χ3n) is 4.08. The fraction of sp³-hybridized carbons (Fsp3) is 0.333. The number of fused-ring (bicyclic) bond motifs is 1. The Balaban J connectivity index is 1.91. The second-order valence-electron chi connectivity index (χ2n) is 6.04. The summed E-state index contributed by atoms with van der Waals surface area (Å²) in [5.41, 5.74) is 3.42. The molecule has 0 saturated heterocycles. The predicted octanol–water partition coefficient (Wildman–Crippen LogP) is 3.33. The Morgan fingerprint density at radius 2 is 2.00 bits per heavy atom. The lowest BCUT2D eigenvalue weighted by Crippen LogP contribution is -2.09. The van der Waals surface area contributed by atoms with E-state index >= 15 is 0 Å². The second kappa shape index (κ2) is 5.66. The molecule has 0 fully saturated rings. The largest absolute Gasteiger partial charge is 0.422 e. The third-order valence-corrected chi connectivity index (χ3v) is 4.08. The van der Waals surface area contributed by atoms with Gasteiger partial charge in [0.15, 0.2) is 0 Å². The fourth-order valence-electron chi connectivity index (χ4n) is 3.00. The van der Waals surface area contributed by atoms with Crippen molar-refractivity contribution in [3.05, 3.63) is 58.4 Å². The zero-order valence-electron chi connectivity index (χ0n) is 13.7. The van der Waals surface area contributed by atoms with Crippen molar-refractivity contribution in [3.63, 3.8) is 0 Å². The molecule has 1 atom stereocenters. The summed E-state index contributed by atoms with van der Waals surface area (Å²) in [6, 6.07) is 7.53. The van der Waals surface area contributed by atoms with Gasteiger partial charge in [-0.3, -0.25) is 4.68 Å². The van der Waals surface area contributed by atoms with Gasteiger partial charge in [-0.1, -0.05) is 24.3 Å². The molecular formula is C18H20N2O3. The van der Waals surface area contributed by atoms with Crippen LogP contribution in [-0.2, 0) is 4.74 Å². The van der Waals surface area contributed by atoms with Crippen LogP contribution >= 0.6 is 0 Å². The molecule has 1 unspecified atom stereocenters. The van der Waals surface area contributed by atoms with Crippen LogP contribution in [0.2, 0.25) is 0 Å². The smallest absolute Gasteiger partial charge is 0.347 e. The van der Waals surface area contributed by atoms with Gasteiger partial charge in [0.25, 0.3) is 0 Å². The molecule has 0 bridgehead atoms. The van der Waals surface area contributed by atoms with Gasteiger partial charge < -0.3 is 9.84 Å². The van der Waals surface area contributed by atoms with Crippen LogP contribution in [0, 0.1) is 13.8 Å². The van der Waals surface area contributed by atoms with E-state index in [0.29, 0.717) is 17.0 Å². The lowest BCUT2D eigenvalue weighted by Gasteiger charge is -2.09. The number of hydrogen-bond donors (Lipinski definition) is 1. The number of carbonyl (C=O) groups excluding carboxylic acids is 1. The molecule has 3 rings (SSSR count). The van der Waals surface area contributed by atoms with Crippen molar-refractivity contribution in [3.8, 4) is 0 Å². The maximum Gasteiger partial charge on any atom is 0.347 e. The van der Waals surface area contributed by atoms with Gasteiger partial charge in [0.1, 0.15) is 17.4 Å². The van der Waals surface area contributed by atoms with Crippen molar-refractivity contribution in [2.45, 2.75) is 39.8 Å². The van der Waals surface area contributed by atoms with E-state index in [-0.39, 0.29) is 6.04 Å². The van der Waals surface area contributed by atoms with Crippen LogP contribution < -0.4 is 0 Å². The van der Waals surface area contributed by atoms with Crippen LogP contribution in [0.15, 0.2) is 30.3 Å². The number of hydrogen-bond acceptors (Lipinski definition) is 4. The van der Waals surface area contributed by atoms with Crippen molar-refractivity contribution < 1.29 is 14.6 Å². The molecule has 0 spiro atoms. The van der Waals surface area contributed by atoms with E-state index in [2.05, 4.69) is 5.10 Å².